The van der Waals surface area contributed by atoms with Gasteiger partial charge in [-0.05, 0) is 47.5 Å². The highest BCUT2D eigenvalue weighted by atomic mass is 79.9. The number of rotatable bonds is 4. The summed E-state index contributed by atoms with van der Waals surface area (Å²) in [5.41, 5.74) is -0.0377. The summed E-state index contributed by atoms with van der Waals surface area (Å²) in [6.45, 7) is 3.43. The van der Waals surface area contributed by atoms with Crippen LogP contribution in [0.15, 0.2) is 22.7 Å². The van der Waals surface area contributed by atoms with E-state index >= 15 is 0 Å². The van der Waals surface area contributed by atoms with Crippen LogP contribution >= 0.6 is 15.9 Å². The van der Waals surface area contributed by atoms with Crippen LogP contribution in [0, 0.1) is 5.82 Å². The van der Waals surface area contributed by atoms with E-state index in [-0.39, 0.29) is 18.0 Å². The third-order valence-electron chi connectivity index (χ3n) is 2.53. The summed E-state index contributed by atoms with van der Waals surface area (Å²) in [5.74, 6) is -0.365. The highest BCUT2D eigenvalue weighted by Crippen LogP contribution is 2.19. The third kappa shape index (κ3) is 3.12. The molecule has 0 saturated carbocycles. The molecule has 2 nitrogen and oxygen atoms in total. The van der Waals surface area contributed by atoms with E-state index in [0.717, 1.165) is 5.56 Å². The number of carbonyl (C=O) groups is 1. The molecular formula is C12H14BrFO2. The first-order chi connectivity index (χ1) is 7.36. The fraction of sp³-hybridized carbons (Fsp3) is 0.417. The lowest BCUT2D eigenvalue weighted by molar-refractivity contribution is -0.136. The minimum atomic E-state index is -0.805. The second-order valence-corrected chi connectivity index (χ2v) is 4.92. The number of ketones is 1. The Morgan fingerprint density at radius 1 is 1.50 bits per heavy atom. The number of halogens is 2. The van der Waals surface area contributed by atoms with Crippen molar-refractivity contribution in [1.29, 1.82) is 0 Å². The van der Waals surface area contributed by atoms with Crippen molar-refractivity contribution in [3.63, 3.8) is 0 Å². The fourth-order valence-electron chi connectivity index (χ4n) is 1.16. The summed E-state index contributed by atoms with van der Waals surface area (Å²) >= 11 is 3.09. The number of ether oxygens (including phenoxy) is 1. The molecule has 0 N–H and O–H groups in total. The first-order valence-electron chi connectivity index (χ1n) is 4.89. The van der Waals surface area contributed by atoms with Crippen molar-refractivity contribution in [3.8, 4) is 0 Å². The molecule has 16 heavy (non-hydrogen) atoms. The highest BCUT2D eigenvalue weighted by molar-refractivity contribution is 9.10. The average molecular weight is 289 g/mol. The van der Waals surface area contributed by atoms with E-state index in [2.05, 4.69) is 15.9 Å². The summed E-state index contributed by atoms with van der Waals surface area (Å²) in [6.07, 6.45) is 0.236. The number of hydrogen-bond acceptors (Lipinski definition) is 2. The summed E-state index contributed by atoms with van der Waals surface area (Å²) in [4.78, 5) is 11.8. The summed E-state index contributed by atoms with van der Waals surface area (Å²) in [5, 5.41) is 0. The topological polar surface area (TPSA) is 26.3 Å². The molecule has 0 amide bonds. The molecule has 0 heterocycles. The number of carbonyl (C=O) groups excluding carboxylic acids is 1. The molecule has 4 heteroatoms. The summed E-state index contributed by atoms with van der Waals surface area (Å²) < 4.78 is 18.4. The largest absolute Gasteiger partial charge is 0.371 e. The summed E-state index contributed by atoms with van der Waals surface area (Å²) in [7, 11) is 1.50. The SMILES string of the molecule is COC(C)(C)C(=O)Cc1ccc(F)c(Br)c1. The molecule has 0 aromatic heterocycles. The van der Waals surface area contributed by atoms with Gasteiger partial charge in [-0.25, -0.2) is 4.39 Å². The Bertz CT molecular complexity index is 402. The molecule has 0 saturated heterocycles. The number of methoxy groups -OCH3 is 1. The van der Waals surface area contributed by atoms with Crippen molar-refractivity contribution >= 4 is 21.7 Å². The second-order valence-electron chi connectivity index (χ2n) is 4.06. The van der Waals surface area contributed by atoms with Crippen LogP contribution in [0.4, 0.5) is 4.39 Å². The van der Waals surface area contributed by atoms with Gasteiger partial charge in [0.05, 0.1) is 4.47 Å². The third-order valence-corrected chi connectivity index (χ3v) is 3.14. The fourth-order valence-corrected chi connectivity index (χ4v) is 1.59. The van der Waals surface area contributed by atoms with Gasteiger partial charge in [0.25, 0.3) is 0 Å². The smallest absolute Gasteiger partial charge is 0.168 e. The van der Waals surface area contributed by atoms with Crippen LogP contribution in [-0.4, -0.2) is 18.5 Å². The summed E-state index contributed by atoms with van der Waals surface area (Å²) in [6, 6.07) is 4.55. The highest BCUT2D eigenvalue weighted by Gasteiger charge is 2.26. The van der Waals surface area contributed by atoms with Crippen LogP contribution in [0.25, 0.3) is 0 Å². The Morgan fingerprint density at radius 3 is 2.62 bits per heavy atom. The van der Waals surface area contributed by atoms with Crippen molar-refractivity contribution < 1.29 is 13.9 Å². The maximum absolute atomic E-state index is 13.0. The van der Waals surface area contributed by atoms with E-state index in [0.29, 0.717) is 4.47 Å². The van der Waals surface area contributed by atoms with Gasteiger partial charge in [-0.2, -0.15) is 0 Å². The van der Waals surface area contributed by atoms with Crippen LogP contribution in [0.2, 0.25) is 0 Å². The zero-order valence-corrected chi connectivity index (χ0v) is 11.1. The van der Waals surface area contributed by atoms with Crippen molar-refractivity contribution in [2.24, 2.45) is 0 Å². The standard InChI is InChI=1S/C12H14BrFO2/c1-12(2,16-3)11(15)7-8-4-5-10(14)9(13)6-8/h4-6H,7H2,1-3H3. The van der Waals surface area contributed by atoms with Gasteiger partial charge in [0.1, 0.15) is 11.4 Å². The van der Waals surface area contributed by atoms with Gasteiger partial charge in [0.2, 0.25) is 0 Å². The zero-order valence-electron chi connectivity index (χ0n) is 9.51. The first-order valence-corrected chi connectivity index (χ1v) is 5.68. The molecule has 1 aromatic carbocycles. The lowest BCUT2D eigenvalue weighted by Gasteiger charge is -2.21. The molecule has 0 aliphatic rings. The van der Waals surface area contributed by atoms with E-state index in [4.69, 9.17) is 4.74 Å². The quantitative estimate of drug-likeness (QED) is 0.851. The molecule has 0 spiro atoms. The molecule has 0 aliphatic heterocycles. The Balaban J connectivity index is 2.82. The normalized spacial score (nSPS) is 11.6. The second kappa shape index (κ2) is 5.06. The maximum Gasteiger partial charge on any atom is 0.168 e. The molecular weight excluding hydrogens is 275 g/mol. The molecule has 0 bridgehead atoms. The van der Waals surface area contributed by atoms with E-state index in [1.807, 2.05) is 0 Å². The van der Waals surface area contributed by atoms with Gasteiger partial charge in [-0.3, -0.25) is 4.79 Å². The monoisotopic (exact) mass is 288 g/mol. The molecule has 0 aliphatic carbocycles. The van der Waals surface area contributed by atoms with Gasteiger partial charge in [0.15, 0.2) is 5.78 Å². The van der Waals surface area contributed by atoms with Crippen molar-refractivity contribution in [1.82, 2.24) is 0 Å². The van der Waals surface area contributed by atoms with Crippen LogP contribution < -0.4 is 0 Å². The lowest BCUT2D eigenvalue weighted by Crippen LogP contribution is -2.35. The maximum atomic E-state index is 13.0. The van der Waals surface area contributed by atoms with Crippen LogP contribution in [0.1, 0.15) is 19.4 Å². The Labute approximate surface area is 103 Å². The molecule has 1 rings (SSSR count). The molecule has 1 aromatic rings. The predicted octanol–water partition coefficient (Wildman–Crippen LogP) is 3.12. The van der Waals surface area contributed by atoms with Gasteiger partial charge in [0, 0.05) is 13.5 Å². The van der Waals surface area contributed by atoms with Crippen LogP contribution in [0.5, 0.6) is 0 Å². The Hall–Kier alpha value is -0.740. The van der Waals surface area contributed by atoms with Gasteiger partial charge in [-0.1, -0.05) is 6.07 Å². The van der Waals surface area contributed by atoms with Crippen molar-refractivity contribution in [3.05, 3.63) is 34.1 Å². The molecule has 88 valence electrons. The van der Waals surface area contributed by atoms with E-state index in [1.54, 1.807) is 26.0 Å². The molecule has 0 fully saturated rings. The average Bonchev–Trinajstić information content (AvgIpc) is 2.23. The Morgan fingerprint density at radius 2 is 2.12 bits per heavy atom. The number of benzene rings is 1. The van der Waals surface area contributed by atoms with E-state index in [1.165, 1.54) is 13.2 Å². The number of Topliss-reactive ketones (excluding diaryl/α,β-unsaturated/α-hetero) is 1. The van der Waals surface area contributed by atoms with Crippen molar-refractivity contribution in [2.75, 3.05) is 7.11 Å². The van der Waals surface area contributed by atoms with Crippen LogP contribution in [-0.2, 0) is 16.0 Å². The van der Waals surface area contributed by atoms with E-state index < -0.39 is 5.60 Å². The lowest BCUT2D eigenvalue weighted by atomic mass is 9.97. The Kier molecular flexibility index (Phi) is 4.21. The molecule has 0 unspecified atom stereocenters. The van der Waals surface area contributed by atoms with Gasteiger partial charge in [-0.15, -0.1) is 0 Å². The van der Waals surface area contributed by atoms with Gasteiger partial charge < -0.3 is 4.74 Å². The molecule has 0 radical (unpaired) electrons. The predicted molar refractivity (Wildman–Crippen MR) is 63.9 cm³/mol. The first kappa shape index (κ1) is 13.3. The molecule has 0 atom stereocenters. The number of hydrogen-bond donors (Lipinski definition) is 0. The van der Waals surface area contributed by atoms with Gasteiger partial charge >= 0.3 is 0 Å². The van der Waals surface area contributed by atoms with E-state index in [9.17, 15) is 9.18 Å². The zero-order chi connectivity index (χ0) is 12.3. The minimum Gasteiger partial charge on any atom is -0.371 e. The minimum absolute atomic E-state index is 0.0338. The van der Waals surface area contributed by atoms with Crippen molar-refractivity contribution in [2.45, 2.75) is 25.9 Å². The van der Waals surface area contributed by atoms with Crippen LogP contribution in [0.3, 0.4) is 0 Å².